The molecule has 1 aliphatic heterocycles. The molecule has 4 rings (SSSR count). The van der Waals surface area contributed by atoms with E-state index in [2.05, 4.69) is 21.5 Å². The maximum absolute atomic E-state index is 12.8. The summed E-state index contributed by atoms with van der Waals surface area (Å²) in [5, 5.41) is 7.41. The van der Waals surface area contributed by atoms with Crippen molar-refractivity contribution in [2.24, 2.45) is 5.92 Å². The van der Waals surface area contributed by atoms with Crippen molar-refractivity contribution in [1.82, 2.24) is 20.4 Å². The van der Waals surface area contributed by atoms with E-state index in [9.17, 15) is 4.79 Å². The van der Waals surface area contributed by atoms with E-state index in [-0.39, 0.29) is 18.3 Å². The Balaban J connectivity index is 0.00000210. The lowest BCUT2D eigenvalue weighted by molar-refractivity contribution is 0.0769. The number of hydrogen-bond donors (Lipinski definition) is 1. The van der Waals surface area contributed by atoms with Crippen LogP contribution in [0.1, 0.15) is 59.2 Å². The molecule has 0 spiro atoms. The fourth-order valence-electron chi connectivity index (χ4n) is 3.59. The molecule has 1 aliphatic carbocycles. The first-order valence-electron chi connectivity index (χ1n) is 9.56. The highest BCUT2D eigenvalue weighted by molar-refractivity contribution is 5.94. The average Bonchev–Trinajstić information content (AvgIpc) is 3.42. The van der Waals surface area contributed by atoms with Gasteiger partial charge in [-0.25, -0.2) is 0 Å². The molecule has 1 saturated heterocycles. The average molecular weight is 391 g/mol. The summed E-state index contributed by atoms with van der Waals surface area (Å²) in [6, 6.07) is 8.02. The molecule has 2 aliphatic rings. The molecule has 6 nitrogen and oxygen atoms in total. The fourth-order valence-corrected chi connectivity index (χ4v) is 3.59. The van der Waals surface area contributed by atoms with Crippen LogP contribution < -0.4 is 5.32 Å². The second kappa shape index (κ2) is 8.85. The Morgan fingerprint density at radius 2 is 2.04 bits per heavy atom. The van der Waals surface area contributed by atoms with Crippen molar-refractivity contribution < 1.29 is 9.32 Å². The predicted octanol–water partition coefficient (Wildman–Crippen LogP) is 3.18. The van der Waals surface area contributed by atoms with Gasteiger partial charge in [-0.2, -0.15) is 4.98 Å². The zero-order valence-electron chi connectivity index (χ0n) is 15.7. The summed E-state index contributed by atoms with van der Waals surface area (Å²) in [6.45, 7) is 2.54. The Hall–Kier alpha value is -1.92. The SMILES string of the molecule is CN(Cc1nc(C2CC2)no1)C(=O)c1cccc(CC2CCNCC2)c1.Cl. The van der Waals surface area contributed by atoms with Crippen LogP contribution in [-0.2, 0) is 13.0 Å². The number of nitrogens with one attached hydrogen (secondary N) is 1. The highest BCUT2D eigenvalue weighted by Crippen LogP contribution is 2.38. The Morgan fingerprint density at radius 1 is 1.26 bits per heavy atom. The molecular formula is C20H27ClN4O2. The summed E-state index contributed by atoms with van der Waals surface area (Å²) < 4.78 is 5.29. The maximum atomic E-state index is 12.8. The summed E-state index contributed by atoms with van der Waals surface area (Å²) in [6.07, 6.45) is 5.73. The van der Waals surface area contributed by atoms with E-state index in [0.717, 1.165) is 43.7 Å². The van der Waals surface area contributed by atoms with Crippen LogP contribution in [0.4, 0.5) is 0 Å². The lowest BCUT2D eigenvalue weighted by atomic mass is 9.90. The van der Waals surface area contributed by atoms with Crippen LogP contribution in [0.3, 0.4) is 0 Å². The largest absolute Gasteiger partial charge is 0.337 e. The van der Waals surface area contributed by atoms with Gasteiger partial charge >= 0.3 is 0 Å². The van der Waals surface area contributed by atoms with Gasteiger partial charge in [0, 0.05) is 18.5 Å². The molecule has 0 unspecified atom stereocenters. The van der Waals surface area contributed by atoms with Gasteiger partial charge in [0.25, 0.3) is 5.91 Å². The first-order valence-corrected chi connectivity index (χ1v) is 9.56. The number of rotatable bonds is 6. The number of amides is 1. The highest BCUT2D eigenvalue weighted by atomic mass is 35.5. The second-order valence-corrected chi connectivity index (χ2v) is 7.58. The van der Waals surface area contributed by atoms with Gasteiger partial charge in [-0.3, -0.25) is 4.79 Å². The Kier molecular flexibility index (Phi) is 6.50. The quantitative estimate of drug-likeness (QED) is 0.820. The number of carbonyl (C=O) groups is 1. The zero-order valence-corrected chi connectivity index (χ0v) is 16.5. The smallest absolute Gasteiger partial charge is 0.254 e. The van der Waals surface area contributed by atoms with E-state index in [1.807, 2.05) is 18.2 Å². The first-order chi connectivity index (χ1) is 12.7. The summed E-state index contributed by atoms with van der Waals surface area (Å²) >= 11 is 0. The molecule has 0 atom stereocenters. The lowest BCUT2D eigenvalue weighted by Gasteiger charge is -2.23. The van der Waals surface area contributed by atoms with Crippen LogP contribution >= 0.6 is 12.4 Å². The molecule has 1 amide bonds. The van der Waals surface area contributed by atoms with Gasteiger partial charge in [0.2, 0.25) is 5.89 Å². The molecule has 1 aromatic carbocycles. The summed E-state index contributed by atoms with van der Waals surface area (Å²) in [4.78, 5) is 18.8. The minimum absolute atomic E-state index is 0. The normalized spacial score (nSPS) is 17.4. The molecule has 1 saturated carbocycles. The van der Waals surface area contributed by atoms with Crippen molar-refractivity contribution in [3.05, 3.63) is 47.1 Å². The van der Waals surface area contributed by atoms with Crippen molar-refractivity contribution in [3.63, 3.8) is 0 Å². The molecule has 1 N–H and O–H groups in total. The summed E-state index contributed by atoms with van der Waals surface area (Å²) in [5.41, 5.74) is 1.96. The number of carbonyl (C=O) groups excluding carboxylic acids is 1. The van der Waals surface area contributed by atoms with Gasteiger partial charge in [-0.1, -0.05) is 17.3 Å². The van der Waals surface area contributed by atoms with E-state index in [1.165, 1.54) is 18.4 Å². The van der Waals surface area contributed by atoms with Crippen LogP contribution in [0.15, 0.2) is 28.8 Å². The number of aromatic nitrogens is 2. The number of benzene rings is 1. The minimum atomic E-state index is -0.0108. The Labute approximate surface area is 166 Å². The van der Waals surface area contributed by atoms with E-state index >= 15 is 0 Å². The van der Waals surface area contributed by atoms with Crippen LogP contribution in [0, 0.1) is 5.92 Å². The van der Waals surface area contributed by atoms with E-state index in [0.29, 0.717) is 24.3 Å². The zero-order chi connectivity index (χ0) is 17.9. The van der Waals surface area contributed by atoms with Gasteiger partial charge in [0.05, 0.1) is 6.54 Å². The van der Waals surface area contributed by atoms with E-state index in [1.54, 1.807) is 11.9 Å². The van der Waals surface area contributed by atoms with Crippen LogP contribution in [0.5, 0.6) is 0 Å². The molecule has 2 heterocycles. The third kappa shape index (κ3) is 5.08. The molecule has 2 fully saturated rings. The molecule has 7 heteroatoms. The molecule has 0 radical (unpaired) electrons. The van der Waals surface area contributed by atoms with Gasteiger partial charge in [-0.05, 0) is 68.8 Å². The number of hydrogen-bond acceptors (Lipinski definition) is 5. The molecule has 0 bridgehead atoms. The predicted molar refractivity (Wildman–Crippen MR) is 105 cm³/mol. The topological polar surface area (TPSA) is 71.3 Å². The molecule has 1 aromatic heterocycles. The minimum Gasteiger partial charge on any atom is -0.337 e. The van der Waals surface area contributed by atoms with Crippen molar-refractivity contribution in [1.29, 1.82) is 0 Å². The van der Waals surface area contributed by atoms with Gasteiger partial charge in [-0.15, -0.1) is 12.4 Å². The molecule has 2 aromatic rings. The van der Waals surface area contributed by atoms with Crippen LogP contribution in [-0.4, -0.2) is 41.1 Å². The monoisotopic (exact) mass is 390 g/mol. The Bertz CT molecular complexity index is 769. The van der Waals surface area contributed by atoms with Crippen LogP contribution in [0.25, 0.3) is 0 Å². The maximum Gasteiger partial charge on any atom is 0.254 e. The number of piperidine rings is 1. The summed E-state index contributed by atoms with van der Waals surface area (Å²) in [5.74, 6) is 2.44. The molecule has 27 heavy (non-hydrogen) atoms. The Morgan fingerprint density at radius 3 is 2.78 bits per heavy atom. The number of halogens is 1. The fraction of sp³-hybridized carbons (Fsp3) is 0.550. The van der Waals surface area contributed by atoms with Crippen LogP contribution in [0.2, 0.25) is 0 Å². The third-order valence-corrected chi connectivity index (χ3v) is 5.30. The van der Waals surface area contributed by atoms with Crippen molar-refractivity contribution in [2.45, 2.75) is 44.6 Å². The molecule has 146 valence electrons. The third-order valence-electron chi connectivity index (χ3n) is 5.30. The van der Waals surface area contributed by atoms with E-state index < -0.39 is 0 Å². The van der Waals surface area contributed by atoms with Crippen molar-refractivity contribution in [2.75, 3.05) is 20.1 Å². The molecular weight excluding hydrogens is 364 g/mol. The first kappa shape index (κ1) is 19.8. The standard InChI is InChI=1S/C20H26N4O2.ClH/c1-24(13-18-22-19(23-26-18)16-5-6-16)20(25)17-4-2-3-15(12-17)11-14-7-9-21-10-8-14;/h2-4,12,14,16,21H,5-11,13H2,1H3;1H. The van der Waals surface area contributed by atoms with Gasteiger partial charge < -0.3 is 14.7 Å². The van der Waals surface area contributed by atoms with E-state index in [4.69, 9.17) is 4.52 Å². The second-order valence-electron chi connectivity index (χ2n) is 7.58. The van der Waals surface area contributed by atoms with Gasteiger partial charge in [0.1, 0.15) is 0 Å². The van der Waals surface area contributed by atoms with Crippen molar-refractivity contribution in [3.8, 4) is 0 Å². The number of nitrogens with zero attached hydrogens (tertiary/aromatic N) is 3. The highest BCUT2D eigenvalue weighted by Gasteiger charge is 2.29. The summed E-state index contributed by atoms with van der Waals surface area (Å²) in [7, 11) is 1.78. The lowest BCUT2D eigenvalue weighted by Crippen LogP contribution is -2.29. The van der Waals surface area contributed by atoms with Gasteiger partial charge in [0.15, 0.2) is 5.82 Å². The van der Waals surface area contributed by atoms with Crippen molar-refractivity contribution >= 4 is 18.3 Å².